The van der Waals surface area contributed by atoms with Crippen LogP contribution in [0.25, 0.3) is 0 Å². The van der Waals surface area contributed by atoms with Crippen LogP contribution in [-0.2, 0) is 15.7 Å². The van der Waals surface area contributed by atoms with Crippen molar-refractivity contribution in [3.05, 3.63) is 35.9 Å². The normalized spacial score (nSPS) is 15.9. The average Bonchev–Trinajstić information content (AvgIpc) is 2.16. The van der Waals surface area contributed by atoms with Crippen LogP contribution in [0.1, 0.15) is 5.56 Å². The van der Waals surface area contributed by atoms with Crippen molar-refractivity contribution in [2.24, 2.45) is 0 Å². The molecule has 0 saturated carbocycles. The Morgan fingerprint density at radius 2 is 1.73 bits per heavy atom. The van der Waals surface area contributed by atoms with E-state index in [0.29, 0.717) is 0 Å². The molecule has 3 N–H and O–H groups in total. The molecule has 0 spiro atoms. The van der Waals surface area contributed by atoms with E-state index < -0.39 is 28.1 Å². The van der Waals surface area contributed by atoms with E-state index in [4.69, 9.17) is 9.66 Å². The Kier molecular flexibility index (Phi) is 3.46. The van der Waals surface area contributed by atoms with Gasteiger partial charge in [-0.2, -0.15) is 8.42 Å². The van der Waals surface area contributed by atoms with Crippen LogP contribution in [0.4, 0.5) is 0 Å². The number of hydrogen-bond donors (Lipinski definition) is 3. The molecule has 1 atom stereocenters. The average molecular weight is 232 g/mol. The van der Waals surface area contributed by atoms with Crippen LogP contribution in [-0.4, -0.2) is 35.5 Å². The van der Waals surface area contributed by atoms with Crippen molar-refractivity contribution in [1.82, 2.24) is 0 Å². The minimum Gasteiger partial charge on any atom is -0.393 e. The SMILES string of the molecule is O=S(=O)(O)CC(O)(CO)c1ccccc1. The summed E-state index contributed by atoms with van der Waals surface area (Å²) in [4.78, 5) is 0. The summed E-state index contributed by atoms with van der Waals surface area (Å²) in [6.07, 6.45) is 0. The first-order valence-corrected chi connectivity index (χ1v) is 5.82. The summed E-state index contributed by atoms with van der Waals surface area (Å²) in [6.45, 7) is -0.781. The second kappa shape index (κ2) is 4.28. The Bertz CT molecular complexity index is 413. The zero-order valence-corrected chi connectivity index (χ0v) is 8.68. The summed E-state index contributed by atoms with van der Waals surface area (Å²) in [5, 5.41) is 18.8. The van der Waals surface area contributed by atoms with Crippen LogP contribution in [0.2, 0.25) is 0 Å². The third-order valence-corrected chi connectivity index (χ3v) is 2.84. The van der Waals surface area contributed by atoms with Crippen molar-refractivity contribution in [2.45, 2.75) is 5.60 Å². The quantitative estimate of drug-likeness (QED) is 0.622. The molecule has 5 nitrogen and oxygen atoms in total. The Hall–Kier alpha value is -0.950. The molecular weight excluding hydrogens is 220 g/mol. The van der Waals surface area contributed by atoms with Gasteiger partial charge in [-0.25, -0.2) is 0 Å². The maximum absolute atomic E-state index is 10.7. The van der Waals surface area contributed by atoms with Gasteiger partial charge < -0.3 is 10.2 Å². The predicted molar refractivity (Wildman–Crippen MR) is 53.8 cm³/mol. The highest BCUT2D eigenvalue weighted by atomic mass is 32.2. The first kappa shape index (κ1) is 12.1. The Labute approximate surface area is 87.7 Å². The molecule has 0 saturated heterocycles. The summed E-state index contributed by atoms with van der Waals surface area (Å²) in [6, 6.07) is 7.83. The lowest BCUT2D eigenvalue weighted by Gasteiger charge is -2.24. The molecular formula is C9H12O5S. The highest BCUT2D eigenvalue weighted by molar-refractivity contribution is 7.85. The number of rotatable bonds is 4. The van der Waals surface area contributed by atoms with Gasteiger partial charge in [0.1, 0.15) is 11.4 Å². The summed E-state index contributed by atoms with van der Waals surface area (Å²) in [7, 11) is -4.35. The molecule has 15 heavy (non-hydrogen) atoms. The molecule has 1 rings (SSSR count). The van der Waals surface area contributed by atoms with Crippen LogP contribution in [0.3, 0.4) is 0 Å². The van der Waals surface area contributed by atoms with E-state index in [1.54, 1.807) is 18.2 Å². The first-order valence-electron chi connectivity index (χ1n) is 4.21. The molecule has 6 heteroatoms. The molecule has 1 aromatic rings. The van der Waals surface area contributed by atoms with Gasteiger partial charge in [0.05, 0.1) is 6.61 Å². The third kappa shape index (κ3) is 3.28. The first-order chi connectivity index (χ1) is 6.87. The number of hydrogen-bond acceptors (Lipinski definition) is 4. The second-order valence-electron chi connectivity index (χ2n) is 3.28. The van der Waals surface area contributed by atoms with Crippen molar-refractivity contribution in [3.63, 3.8) is 0 Å². The van der Waals surface area contributed by atoms with E-state index >= 15 is 0 Å². The van der Waals surface area contributed by atoms with Crippen molar-refractivity contribution >= 4 is 10.1 Å². The van der Waals surface area contributed by atoms with Crippen molar-refractivity contribution < 1.29 is 23.2 Å². The Morgan fingerprint density at radius 1 is 1.20 bits per heavy atom. The molecule has 84 valence electrons. The number of aliphatic hydroxyl groups is 2. The molecule has 0 aromatic heterocycles. The standard InChI is InChI=1S/C9H12O5S/c10-6-9(11,7-15(12,13)14)8-4-2-1-3-5-8/h1-5,10-11H,6-7H2,(H,12,13,14). The fourth-order valence-electron chi connectivity index (χ4n) is 1.27. The molecule has 0 aliphatic carbocycles. The van der Waals surface area contributed by atoms with Crippen molar-refractivity contribution in [3.8, 4) is 0 Å². The molecule has 1 unspecified atom stereocenters. The van der Waals surface area contributed by atoms with Gasteiger partial charge >= 0.3 is 0 Å². The van der Waals surface area contributed by atoms with Crippen molar-refractivity contribution in [2.75, 3.05) is 12.4 Å². The zero-order valence-electron chi connectivity index (χ0n) is 7.87. The molecule has 0 aliphatic heterocycles. The van der Waals surface area contributed by atoms with Gasteiger partial charge in [0.25, 0.3) is 10.1 Å². The predicted octanol–water partition coefficient (Wildman–Crippen LogP) is -0.246. The van der Waals surface area contributed by atoms with Gasteiger partial charge in [-0.1, -0.05) is 30.3 Å². The molecule has 0 bridgehead atoms. The maximum Gasteiger partial charge on any atom is 0.268 e. The van der Waals surface area contributed by atoms with Gasteiger partial charge in [-0.3, -0.25) is 4.55 Å². The molecule has 0 aliphatic rings. The van der Waals surface area contributed by atoms with E-state index in [1.165, 1.54) is 12.1 Å². The monoisotopic (exact) mass is 232 g/mol. The number of aliphatic hydroxyl groups excluding tert-OH is 1. The van der Waals surface area contributed by atoms with Gasteiger partial charge in [0, 0.05) is 0 Å². The van der Waals surface area contributed by atoms with Crippen LogP contribution < -0.4 is 0 Å². The van der Waals surface area contributed by atoms with E-state index in [9.17, 15) is 13.5 Å². The topological polar surface area (TPSA) is 94.8 Å². The molecule has 0 radical (unpaired) electrons. The van der Waals surface area contributed by atoms with Crippen molar-refractivity contribution in [1.29, 1.82) is 0 Å². The van der Waals surface area contributed by atoms with Crippen LogP contribution >= 0.6 is 0 Å². The summed E-state index contributed by atoms with van der Waals surface area (Å²) in [5.74, 6) is -0.930. The highest BCUT2D eigenvalue weighted by Crippen LogP contribution is 2.21. The summed E-state index contributed by atoms with van der Waals surface area (Å²) < 4.78 is 30.0. The lowest BCUT2D eigenvalue weighted by atomic mass is 9.97. The Morgan fingerprint density at radius 3 is 2.13 bits per heavy atom. The second-order valence-corrected chi connectivity index (χ2v) is 4.73. The van der Waals surface area contributed by atoms with Gasteiger partial charge in [-0.15, -0.1) is 0 Å². The molecule has 0 fully saturated rings. The number of benzene rings is 1. The third-order valence-electron chi connectivity index (χ3n) is 1.99. The lowest BCUT2D eigenvalue weighted by Crippen LogP contribution is -2.37. The zero-order chi connectivity index (χ0) is 11.5. The molecule has 0 amide bonds. The summed E-state index contributed by atoms with van der Waals surface area (Å²) in [5.41, 5.74) is -1.72. The summed E-state index contributed by atoms with van der Waals surface area (Å²) >= 11 is 0. The van der Waals surface area contributed by atoms with E-state index in [-0.39, 0.29) is 5.56 Å². The minimum absolute atomic E-state index is 0.241. The van der Waals surface area contributed by atoms with Gasteiger partial charge in [0.15, 0.2) is 0 Å². The lowest BCUT2D eigenvalue weighted by molar-refractivity contribution is -0.000354. The van der Waals surface area contributed by atoms with E-state index in [2.05, 4.69) is 0 Å². The minimum atomic E-state index is -4.35. The van der Waals surface area contributed by atoms with Gasteiger partial charge in [-0.05, 0) is 5.56 Å². The van der Waals surface area contributed by atoms with Gasteiger partial charge in [0.2, 0.25) is 0 Å². The maximum atomic E-state index is 10.7. The van der Waals surface area contributed by atoms with Crippen LogP contribution in [0.15, 0.2) is 30.3 Å². The van der Waals surface area contributed by atoms with E-state index in [1.807, 2.05) is 0 Å². The fraction of sp³-hybridized carbons (Fsp3) is 0.333. The highest BCUT2D eigenvalue weighted by Gasteiger charge is 2.33. The largest absolute Gasteiger partial charge is 0.393 e. The fourth-order valence-corrected chi connectivity index (χ4v) is 2.13. The smallest absolute Gasteiger partial charge is 0.268 e. The van der Waals surface area contributed by atoms with Crippen LogP contribution in [0.5, 0.6) is 0 Å². The molecule has 1 aromatic carbocycles. The van der Waals surface area contributed by atoms with Crippen LogP contribution in [0, 0.1) is 0 Å². The van der Waals surface area contributed by atoms with E-state index in [0.717, 1.165) is 0 Å². The Balaban J connectivity index is 3.06. The molecule has 0 heterocycles.